The van der Waals surface area contributed by atoms with E-state index in [2.05, 4.69) is 5.32 Å². The topological polar surface area (TPSA) is 69.7 Å². The van der Waals surface area contributed by atoms with Crippen LogP contribution in [0.5, 0.6) is 0 Å². The zero-order valence-corrected chi connectivity index (χ0v) is 16.9. The van der Waals surface area contributed by atoms with Crippen molar-refractivity contribution in [1.29, 1.82) is 0 Å². The molecule has 0 saturated carbocycles. The monoisotopic (exact) mass is 391 g/mol. The van der Waals surface area contributed by atoms with Crippen LogP contribution >= 0.6 is 0 Å². The van der Waals surface area contributed by atoms with Crippen molar-refractivity contribution in [1.82, 2.24) is 14.5 Å². The van der Waals surface area contributed by atoms with Crippen LogP contribution in [0.1, 0.15) is 37.3 Å². The highest BCUT2D eigenvalue weighted by molar-refractivity contribution is 7.89. The number of sulfonamides is 1. The normalized spacial score (nSPS) is 23.2. The molecule has 3 aliphatic heterocycles. The molecule has 27 heavy (non-hydrogen) atoms. The minimum Gasteiger partial charge on any atom is -0.342 e. The Balaban J connectivity index is 1.54. The second kappa shape index (κ2) is 7.18. The molecule has 0 bridgehead atoms. The Kier molecular flexibility index (Phi) is 5.03. The van der Waals surface area contributed by atoms with Crippen molar-refractivity contribution in [3.8, 4) is 0 Å². The molecule has 1 aromatic carbocycles. The lowest BCUT2D eigenvalue weighted by molar-refractivity contribution is -0.128. The minimum absolute atomic E-state index is 0.0833. The number of hydrogen-bond acceptors (Lipinski definition) is 4. The third-order valence-corrected chi connectivity index (χ3v) is 8.47. The first-order chi connectivity index (χ1) is 12.9. The second-order valence-electron chi connectivity index (χ2n) is 8.28. The molecule has 1 amide bonds. The van der Waals surface area contributed by atoms with Gasteiger partial charge in [-0.25, -0.2) is 8.42 Å². The number of amides is 1. The summed E-state index contributed by atoms with van der Waals surface area (Å²) in [5.74, 6) is 0.0833. The molecule has 3 aliphatic rings. The average molecular weight is 392 g/mol. The fourth-order valence-corrected chi connectivity index (χ4v) is 6.40. The van der Waals surface area contributed by atoms with E-state index in [1.54, 1.807) is 17.3 Å². The molecule has 0 aromatic heterocycles. The van der Waals surface area contributed by atoms with Crippen LogP contribution in [0.2, 0.25) is 0 Å². The highest BCUT2D eigenvalue weighted by Crippen LogP contribution is 2.40. The van der Waals surface area contributed by atoms with Crippen molar-refractivity contribution in [3.05, 3.63) is 29.3 Å². The maximum Gasteiger partial charge on any atom is 0.243 e. The molecule has 6 nitrogen and oxygen atoms in total. The summed E-state index contributed by atoms with van der Waals surface area (Å²) in [6.07, 6.45) is 4.59. The maximum absolute atomic E-state index is 13.3. The molecule has 1 aromatic rings. The van der Waals surface area contributed by atoms with Crippen molar-refractivity contribution in [2.24, 2.45) is 5.41 Å². The summed E-state index contributed by atoms with van der Waals surface area (Å²) in [6.45, 7) is 6.20. The molecule has 7 heteroatoms. The first-order valence-corrected chi connectivity index (χ1v) is 11.4. The molecule has 0 unspecified atom stereocenters. The van der Waals surface area contributed by atoms with Gasteiger partial charge in [0.1, 0.15) is 0 Å². The lowest BCUT2D eigenvalue weighted by atomic mass is 9.78. The van der Waals surface area contributed by atoms with E-state index in [1.165, 1.54) is 0 Å². The third-order valence-electron chi connectivity index (χ3n) is 6.63. The van der Waals surface area contributed by atoms with Gasteiger partial charge in [-0.05, 0) is 73.9 Å². The van der Waals surface area contributed by atoms with Gasteiger partial charge in [-0.1, -0.05) is 6.07 Å². The number of piperidine rings is 1. The number of fused-ring (bicyclic) bond motifs is 1. The molecule has 1 spiro atoms. The second-order valence-corrected chi connectivity index (χ2v) is 10.2. The Bertz CT molecular complexity index is 831. The third kappa shape index (κ3) is 3.65. The summed E-state index contributed by atoms with van der Waals surface area (Å²) in [5, 5.41) is 3.38. The molecule has 1 N–H and O–H groups in total. The van der Waals surface area contributed by atoms with E-state index >= 15 is 0 Å². The summed E-state index contributed by atoms with van der Waals surface area (Å²) >= 11 is 0. The summed E-state index contributed by atoms with van der Waals surface area (Å²) in [5.41, 5.74) is 2.39. The van der Waals surface area contributed by atoms with Gasteiger partial charge in [-0.2, -0.15) is 4.31 Å². The molecule has 2 saturated heterocycles. The Hall–Kier alpha value is -1.44. The number of carbonyl (C=O) groups is 1. The number of hydrogen-bond donors (Lipinski definition) is 1. The Morgan fingerprint density at radius 2 is 1.74 bits per heavy atom. The van der Waals surface area contributed by atoms with Crippen LogP contribution in [0, 0.1) is 5.41 Å². The Morgan fingerprint density at radius 1 is 1.04 bits per heavy atom. The van der Waals surface area contributed by atoms with Gasteiger partial charge in [0.15, 0.2) is 0 Å². The lowest BCUT2D eigenvalue weighted by Crippen LogP contribution is -2.39. The number of nitrogens with one attached hydrogen (secondary N) is 1. The quantitative estimate of drug-likeness (QED) is 0.827. The van der Waals surface area contributed by atoms with Crippen LogP contribution < -0.4 is 5.32 Å². The number of carbonyl (C=O) groups excluding carboxylic acids is 1. The highest BCUT2D eigenvalue weighted by Gasteiger charge is 2.43. The standard InChI is InChI=1S/C20H29N3O3S/c1-16(24)22-11-4-17-2-3-19(14-18(17)5-12-22)27(25,26)23-13-8-20(15-23)6-9-21-10-7-20/h2-3,14,21H,4-13,15H2,1H3. The minimum atomic E-state index is -3.46. The molecule has 3 heterocycles. The average Bonchev–Trinajstić information content (AvgIpc) is 2.94. The van der Waals surface area contributed by atoms with E-state index in [4.69, 9.17) is 0 Å². The van der Waals surface area contributed by atoms with E-state index in [9.17, 15) is 13.2 Å². The summed E-state index contributed by atoms with van der Waals surface area (Å²) in [6, 6.07) is 5.55. The molecule has 2 fully saturated rings. The fourth-order valence-electron chi connectivity index (χ4n) is 4.79. The number of nitrogens with zero attached hydrogens (tertiary/aromatic N) is 2. The molecule has 0 radical (unpaired) electrons. The Morgan fingerprint density at radius 3 is 2.44 bits per heavy atom. The predicted molar refractivity (Wildman–Crippen MR) is 104 cm³/mol. The van der Waals surface area contributed by atoms with E-state index in [0.29, 0.717) is 37.5 Å². The Labute approximate surface area is 162 Å². The van der Waals surface area contributed by atoms with Gasteiger partial charge in [-0.3, -0.25) is 4.79 Å². The van der Waals surface area contributed by atoms with Gasteiger partial charge in [0.2, 0.25) is 15.9 Å². The van der Waals surface area contributed by atoms with Crippen LogP contribution in [0.25, 0.3) is 0 Å². The molecular weight excluding hydrogens is 362 g/mol. The van der Waals surface area contributed by atoms with Gasteiger partial charge < -0.3 is 10.2 Å². The number of rotatable bonds is 2. The lowest BCUT2D eigenvalue weighted by Gasteiger charge is -2.33. The van der Waals surface area contributed by atoms with Crippen molar-refractivity contribution in [2.75, 3.05) is 39.3 Å². The van der Waals surface area contributed by atoms with E-state index in [-0.39, 0.29) is 11.3 Å². The smallest absolute Gasteiger partial charge is 0.243 e. The largest absolute Gasteiger partial charge is 0.342 e. The van der Waals surface area contributed by atoms with Gasteiger partial charge in [0, 0.05) is 33.1 Å². The van der Waals surface area contributed by atoms with E-state index in [1.807, 2.05) is 17.0 Å². The van der Waals surface area contributed by atoms with Crippen molar-refractivity contribution in [3.63, 3.8) is 0 Å². The van der Waals surface area contributed by atoms with Crippen LogP contribution in [-0.4, -0.2) is 62.8 Å². The summed E-state index contributed by atoms with van der Waals surface area (Å²) < 4.78 is 28.2. The zero-order chi connectivity index (χ0) is 19.1. The van der Waals surface area contributed by atoms with Gasteiger partial charge >= 0.3 is 0 Å². The van der Waals surface area contributed by atoms with Gasteiger partial charge in [-0.15, -0.1) is 0 Å². The van der Waals surface area contributed by atoms with Crippen LogP contribution in [0.3, 0.4) is 0 Å². The molecule has 0 atom stereocenters. The van der Waals surface area contributed by atoms with Gasteiger partial charge in [0.05, 0.1) is 4.90 Å². The molecule has 4 rings (SSSR count). The van der Waals surface area contributed by atoms with Crippen LogP contribution in [-0.2, 0) is 27.7 Å². The first-order valence-electron chi connectivity index (χ1n) is 9.98. The first kappa shape index (κ1) is 18.9. The van der Waals surface area contributed by atoms with Crippen molar-refractivity contribution >= 4 is 15.9 Å². The van der Waals surface area contributed by atoms with Crippen LogP contribution in [0.15, 0.2) is 23.1 Å². The van der Waals surface area contributed by atoms with Crippen molar-refractivity contribution < 1.29 is 13.2 Å². The predicted octanol–water partition coefficient (Wildman–Crippen LogP) is 1.40. The molecule has 148 valence electrons. The van der Waals surface area contributed by atoms with Crippen LogP contribution in [0.4, 0.5) is 0 Å². The summed E-state index contributed by atoms with van der Waals surface area (Å²) in [4.78, 5) is 13.9. The van der Waals surface area contributed by atoms with Gasteiger partial charge in [0.25, 0.3) is 0 Å². The van der Waals surface area contributed by atoms with E-state index in [0.717, 1.165) is 49.9 Å². The highest BCUT2D eigenvalue weighted by atomic mass is 32.2. The van der Waals surface area contributed by atoms with Crippen molar-refractivity contribution in [2.45, 2.75) is 43.9 Å². The summed E-state index contributed by atoms with van der Waals surface area (Å²) in [7, 11) is -3.46. The fraction of sp³-hybridized carbons (Fsp3) is 0.650. The molecule has 0 aliphatic carbocycles. The molecular formula is C20H29N3O3S. The number of benzene rings is 1. The zero-order valence-electron chi connectivity index (χ0n) is 16.0. The van der Waals surface area contributed by atoms with E-state index < -0.39 is 10.0 Å². The maximum atomic E-state index is 13.3. The SMILES string of the molecule is CC(=O)N1CCc2ccc(S(=O)(=O)N3CCC4(CCNCC4)C3)cc2CC1.